The lowest BCUT2D eigenvalue weighted by molar-refractivity contribution is -0.147. The molecule has 9 heteroatoms. The molecule has 0 radical (unpaired) electrons. The smallest absolute Gasteiger partial charge is 0.243 e. The lowest BCUT2D eigenvalue weighted by Crippen LogP contribution is -2.62. The second kappa shape index (κ2) is 7.80. The standard InChI is InChI=1S/C23H32FN3O4S/c1-13-4-5-17(24)18(6-13)32(30,31)27-22(2,3)12-19(28)26-20-15-7-14-8-16(20)11-23(9-14,10-15)21(25)29/h4-6,14-16,20,27H,7-12H2,1-3H3,(H2,25,29)(H,26,28). The maximum Gasteiger partial charge on any atom is 0.243 e. The van der Waals surface area contributed by atoms with Crippen molar-refractivity contribution in [2.75, 3.05) is 0 Å². The van der Waals surface area contributed by atoms with E-state index in [4.69, 9.17) is 5.73 Å². The number of sulfonamides is 1. The molecule has 5 rings (SSSR count). The number of hydrogen-bond donors (Lipinski definition) is 3. The van der Waals surface area contributed by atoms with Crippen LogP contribution in [0.2, 0.25) is 0 Å². The highest BCUT2D eigenvalue weighted by Crippen LogP contribution is 2.59. The summed E-state index contributed by atoms with van der Waals surface area (Å²) in [4.78, 5) is 24.6. The molecule has 4 N–H and O–H groups in total. The number of nitrogens with two attached hydrogens (primary N) is 1. The SMILES string of the molecule is Cc1ccc(F)c(S(=O)(=O)NC(C)(C)CC(=O)NC2C3CC4CC2CC(C(N)=O)(C4)C3)c1. The van der Waals surface area contributed by atoms with Crippen molar-refractivity contribution in [2.24, 2.45) is 28.9 Å². The zero-order valence-electron chi connectivity index (χ0n) is 18.8. The molecule has 32 heavy (non-hydrogen) atoms. The summed E-state index contributed by atoms with van der Waals surface area (Å²) in [6, 6.07) is 3.87. The first kappa shape index (κ1) is 23.2. The molecular formula is C23H32FN3O4S. The van der Waals surface area contributed by atoms with E-state index in [0.717, 1.165) is 25.3 Å². The average Bonchev–Trinajstić information content (AvgIpc) is 2.64. The third-order valence-corrected chi connectivity index (χ3v) is 9.23. The molecule has 1 aromatic rings. The molecule has 7 nitrogen and oxygen atoms in total. The van der Waals surface area contributed by atoms with Crippen LogP contribution in [0, 0.1) is 35.9 Å². The predicted molar refractivity (Wildman–Crippen MR) is 117 cm³/mol. The van der Waals surface area contributed by atoms with E-state index in [9.17, 15) is 22.4 Å². The zero-order valence-corrected chi connectivity index (χ0v) is 19.6. The first-order valence-electron chi connectivity index (χ1n) is 11.2. The molecule has 4 fully saturated rings. The molecule has 4 bridgehead atoms. The van der Waals surface area contributed by atoms with Gasteiger partial charge in [0.05, 0.1) is 0 Å². The van der Waals surface area contributed by atoms with Crippen LogP contribution < -0.4 is 15.8 Å². The second-order valence-corrected chi connectivity index (χ2v) is 12.5. The van der Waals surface area contributed by atoms with Gasteiger partial charge in [-0.3, -0.25) is 9.59 Å². The van der Waals surface area contributed by atoms with Gasteiger partial charge in [-0.15, -0.1) is 0 Å². The summed E-state index contributed by atoms with van der Waals surface area (Å²) < 4.78 is 42.1. The third-order valence-electron chi connectivity index (χ3n) is 7.51. The number of hydrogen-bond acceptors (Lipinski definition) is 4. The number of rotatable bonds is 7. The van der Waals surface area contributed by atoms with Crippen molar-refractivity contribution in [3.8, 4) is 0 Å². The zero-order chi connectivity index (χ0) is 23.5. The van der Waals surface area contributed by atoms with E-state index in [1.165, 1.54) is 12.1 Å². The van der Waals surface area contributed by atoms with E-state index in [1.807, 2.05) is 0 Å². The van der Waals surface area contributed by atoms with Gasteiger partial charge in [0.15, 0.2) is 0 Å². The topological polar surface area (TPSA) is 118 Å². The Kier molecular flexibility index (Phi) is 5.65. The number of nitrogens with one attached hydrogen (secondary N) is 2. The number of carbonyl (C=O) groups excluding carboxylic acids is 2. The van der Waals surface area contributed by atoms with E-state index in [-0.39, 0.29) is 36.1 Å². The number of benzene rings is 1. The van der Waals surface area contributed by atoms with Gasteiger partial charge in [-0.25, -0.2) is 17.5 Å². The van der Waals surface area contributed by atoms with Gasteiger partial charge in [-0.2, -0.15) is 0 Å². The van der Waals surface area contributed by atoms with Crippen molar-refractivity contribution < 1.29 is 22.4 Å². The van der Waals surface area contributed by atoms with E-state index in [2.05, 4.69) is 10.0 Å². The summed E-state index contributed by atoms with van der Waals surface area (Å²) in [5, 5.41) is 3.12. The van der Waals surface area contributed by atoms with Crippen LogP contribution in [0.25, 0.3) is 0 Å². The van der Waals surface area contributed by atoms with Gasteiger partial charge in [-0.1, -0.05) is 6.07 Å². The average molecular weight is 466 g/mol. The van der Waals surface area contributed by atoms with E-state index >= 15 is 0 Å². The summed E-state index contributed by atoms with van der Waals surface area (Å²) in [5.41, 5.74) is 4.82. The van der Waals surface area contributed by atoms with Gasteiger partial charge in [0.25, 0.3) is 0 Å². The summed E-state index contributed by atoms with van der Waals surface area (Å²) in [6.45, 7) is 4.90. The quantitative estimate of drug-likeness (QED) is 0.573. The molecule has 4 saturated carbocycles. The maximum absolute atomic E-state index is 14.1. The van der Waals surface area contributed by atoms with Crippen LogP contribution in [0.4, 0.5) is 4.39 Å². The first-order valence-corrected chi connectivity index (χ1v) is 12.7. The minimum Gasteiger partial charge on any atom is -0.369 e. The fourth-order valence-electron chi connectivity index (χ4n) is 6.47. The highest BCUT2D eigenvalue weighted by Gasteiger charge is 2.58. The Morgan fingerprint density at radius 2 is 1.81 bits per heavy atom. The fraction of sp³-hybridized carbons (Fsp3) is 0.652. The Labute approximate surface area is 188 Å². The van der Waals surface area contributed by atoms with Crippen molar-refractivity contribution >= 4 is 21.8 Å². The second-order valence-electron chi connectivity index (χ2n) is 10.8. The molecule has 0 saturated heterocycles. The summed E-state index contributed by atoms with van der Waals surface area (Å²) in [7, 11) is -4.14. The molecule has 0 spiro atoms. The molecule has 0 aromatic heterocycles. The van der Waals surface area contributed by atoms with Crippen LogP contribution >= 0.6 is 0 Å². The molecule has 0 aliphatic heterocycles. The van der Waals surface area contributed by atoms with Crippen molar-refractivity contribution in [3.05, 3.63) is 29.6 Å². The largest absolute Gasteiger partial charge is 0.369 e. The first-order chi connectivity index (χ1) is 14.8. The molecule has 2 amide bonds. The Morgan fingerprint density at radius 3 is 2.41 bits per heavy atom. The van der Waals surface area contributed by atoms with Gasteiger partial charge in [0, 0.05) is 23.4 Å². The van der Waals surface area contributed by atoms with Crippen LogP contribution in [0.5, 0.6) is 0 Å². The Balaban J connectivity index is 1.42. The van der Waals surface area contributed by atoms with Crippen molar-refractivity contribution in [3.63, 3.8) is 0 Å². The van der Waals surface area contributed by atoms with Gasteiger partial charge in [-0.05, 0) is 88.3 Å². The highest BCUT2D eigenvalue weighted by atomic mass is 32.2. The number of carbonyl (C=O) groups is 2. The molecule has 4 aliphatic carbocycles. The van der Waals surface area contributed by atoms with Gasteiger partial charge >= 0.3 is 0 Å². The molecule has 1 aromatic carbocycles. The van der Waals surface area contributed by atoms with E-state index in [1.54, 1.807) is 20.8 Å². The number of aryl methyl sites for hydroxylation is 1. The number of halogens is 1. The normalized spacial score (nSPS) is 31.5. The summed E-state index contributed by atoms with van der Waals surface area (Å²) in [6.07, 6.45) is 4.17. The lowest BCUT2D eigenvalue weighted by atomic mass is 9.47. The molecule has 2 unspecified atom stereocenters. The number of amides is 2. The monoisotopic (exact) mass is 465 g/mol. The molecule has 4 aliphatic rings. The Bertz CT molecular complexity index is 1040. The van der Waals surface area contributed by atoms with Gasteiger partial charge < -0.3 is 11.1 Å². The van der Waals surface area contributed by atoms with Crippen LogP contribution in [0.15, 0.2) is 23.1 Å². The highest BCUT2D eigenvalue weighted by molar-refractivity contribution is 7.89. The van der Waals surface area contributed by atoms with Crippen molar-refractivity contribution in [1.82, 2.24) is 10.0 Å². The lowest BCUT2D eigenvalue weighted by Gasteiger charge is -2.58. The third kappa shape index (κ3) is 4.29. The molecule has 176 valence electrons. The molecule has 2 atom stereocenters. The van der Waals surface area contributed by atoms with Crippen LogP contribution in [0.1, 0.15) is 57.9 Å². The molecule has 0 heterocycles. The van der Waals surface area contributed by atoms with Gasteiger partial charge in [0.1, 0.15) is 10.7 Å². The predicted octanol–water partition coefficient (Wildman–Crippen LogP) is 2.38. The minimum absolute atomic E-state index is 0.0202. The Hall–Kier alpha value is -2.00. The van der Waals surface area contributed by atoms with Crippen molar-refractivity contribution in [2.45, 2.75) is 75.8 Å². The van der Waals surface area contributed by atoms with E-state index < -0.39 is 31.7 Å². The Morgan fingerprint density at radius 1 is 1.19 bits per heavy atom. The summed E-state index contributed by atoms with van der Waals surface area (Å²) in [5.74, 6) is -0.382. The fourth-order valence-corrected chi connectivity index (χ4v) is 8.05. The van der Waals surface area contributed by atoms with Crippen LogP contribution in [0.3, 0.4) is 0 Å². The van der Waals surface area contributed by atoms with Crippen LogP contribution in [-0.4, -0.2) is 31.8 Å². The maximum atomic E-state index is 14.1. The van der Waals surface area contributed by atoms with Gasteiger partial charge in [0.2, 0.25) is 21.8 Å². The van der Waals surface area contributed by atoms with E-state index in [0.29, 0.717) is 24.3 Å². The number of primary amides is 1. The molecular weight excluding hydrogens is 433 g/mol. The van der Waals surface area contributed by atoms with Crippen molar-refractivity contribution in [1.29, 1.82) is 0 Å². The summed E-state index contributed by atoms with van der Waals surface area (Å²) >= 11 is 0. The minimum atomic E-state index is -4.14. The van der Waals surface area contributed by atoms with Crippen LogP contribution in [-0.2, 0) is 19.6 Å².